The third-order valence-electron chi connectivity index (χ3n) is 2.92. The van der Waals surface area contributed by atoms with Gasteiger partial charge in [-0.05, 0) is 18.1 Å². The first-order valence-corrected chi connectivity index (χ1v) is 7.72. The molecule has 0 amide bonds. The lowest BCUT2D eigenvalue weighted by atomic mass is 10.1. The number of hydrogen-bond acceptors (Lipinski definition) is 3. The number of nitrogens with two attached hydrogens (primary N) is 1. The fourth-order valence-electron chi connectivity index (χ4n) is 1.77. The van der Waals surface area contributed by atoms with Gasteiger partial charge >= 0.3 is 0 Å². The summed E-state index contributed by atoms with van der Waals surface area (Å²) in [6.45, 7) is 3.97. The first-order valence-electron chi connectivity index (χ1n) is 5.69. The van der Waals surface area contributed by atoms with Gasteiger partial charge in [0.15, 0.2) is 9.84 Å². The van der Waals surface area contributed by atoms with Crippen LogP contribution in [-0.4, -0.2) is 14.2 Å². The molecule has 5 heteroatoms. The Bertz CT molecular complexity index is 461. The van der Waals surface area contributed by atoms with Gasteiger partial charge in [-0.2, -0.15) is 0 Å². The Balaban J connectivity index is 3.14. The Hall–Kier alpha value is -0.740. The van der Waals surface area contributed by atoms with Gasteiger partial charge in [0.2, 0.25) is 0 Å². The molecular weight excluding hydrogens is 258 g/mol. The molecule has 1 aromatic rings. The number of sulfone groups is 1. The maximum absolute atomic E-state index is 12.2. The molecule has 0 heterocycles. The SMILES string of the molecule is CCC(CC)CS(=O)(=O)c1c(N)cccc1Cl. The van der Waals surface area contributed by atoms with E-state index in [1.165, 1.54) is 0 Å². The Morgan fingerprint density at radius 1 is 1.29 bits per heavy atom. The molecule has 3 nitrogen and oxygen atoms in total. The standard InChI is InChI=1S/C12H18ClNO2S/c1-3-9(4-2)8-17(15,16)12-10(13)6-5-7-11(12)14/h5-7,9H,3-4,8,14H2,1-2H3. The average molecular weight is 276 g/mol. The molecule has 1 aromatic carbocycles. The Morgan fingerprint density at radius 2 is 1.88 bits per heavy atom. The van der Waals surface area contributed by atoms with Crippen molar-refractivity contribution >= 4 is 27.1 Å². The van der Waals surface area contributed by atoms with E-state index in [1.807, 2.05) is 13.8 Å². The van der Waals surface area contributed by atoms with E-state index in [0.717, 1.165) is 12.8 Å². The lowest BCUT2D eigenvalue weighted by molar-refractivity contribution is 0.524. The zero-order chi connectivity index (χ0) is 13.1. The summed E-state index contributed by atoms with van der Waals surface area (Å²) >= 11 is 5.92. The van der Waals surface area contributed by atoms with Crippen molar-refractivity contribution in [2.24, 2.45) is 5.92 Å². The summed E-state index contributed by atoms with van der Waals surface area (Å²) in [4.78, 5) is 0.0774. The number of anilines is 1. The molecule has 17 heavy (non-hydrogen) atoms. The third-order valence-corrected chi connectivity index (χ3v) is 5.33. The monoisotopic (exact) mass is 275 g/mol. The lowest BCUT2D eigenvalue weighted by Crippen LogP contribution is -2.17. The summed E-state index contributed by atoms with van der Waals surface area (Å²) in [5.74, 6) is 0.254. The molecular formula is C12H18ClNO2S. The van der Waals surface area contributed by atoms with Crippen LogP contribution in [0.4, 0.5) is 5.69 Å². The maximum atomic E-state index is 12.2. The van der Waals surface area contributed by atoms with Crippen molar-refractivity contribution in [1.82, 2.24) is 0 Å². The van der Waals surface area contributed by atoms with Crippen LogP contribution >= 0.6 is 11.6 Å². The molecule has 0 atom stereocenters. The zero-order valence-corrected chi connectivity index (χ0v) is 11.7. The van der Waals surface area contributed by atoms with Gasteiger partial charge in [0, 0.05) is 0 Å². The highest BCUT2D eigenvalue weighted by molar-refractivity contribution is 7.91. The summed E-state index contributed by atoms with van der Waals surface area (Å²) in [7, 11) is -3.40. The highest BCUT2D eigenvalue weighted by atomic mass is 35.5. The summed E-state index contributed by atoms with van der Waals surface area (Å²) in [6, 6.07) is 4.76. The molecule has 0 unspecified atom stereocenters. The summed E-state index contributed by atoms with van der Waals surface area (Å²) in [5, 5.41) is 0.205. The number of rotatable bonds is 5. The summed E-state index contributed by atoms with van der Waals surface area (Å²) in [6.07, 6.45) is 1.67. The molecule has 0 aliphatic heterocycles. The van der Waals surface area contributed by atoms with Crippen molar-refractivity contribution < 1.29 is 8.42 Å². The minimum atomic E-state index is -3.40. The maximum Gasteiger partial charge on any atom is 0.182 e. The normalized spacial score (nSPS) is 12.0. The van der Waals surface area contributed by atoms with E-state index < -0.39 is 9.84 Å². The molecule has 0 saturated carbocycles. The molecule has 0 saturated heterocycles. The second-order valence-corrected chi connectivity index (χ2v) is 6.50. The van der Waals surface area contributed by atoms with E-state index >= 15 is 0 Å². The van der Waals surface area contributed by atoms with Gasteiger partial charge in [0.05, 0.1) is 16.5 Å². The van der Waals surface area contributed by atoms with Crippen LogP contribution in [-0.2, 0) is 9.84 Å². The van der Waals surface area contributed by atoms with Crippen LogP contribution in [0.2, 0.25) is 5.02 Å². The van der Waals surface area contributed by atoms with E-state index in [0.29, 0.717) is 0 Å². The molecule has 2 N–H and O–H groups in total. The van der Waals surface area contributed by atoms with Crippen molar-refractivity contribution in [2.45, 2.75) is 31.6 Å². The van der Waals surface area contributed by atoms with Crippen LogP contribution in [0.3, 0.4) is 0 Å². The Kier molecular flexibility index (Phi) is 4.83. The van der Waals surface area contributed by atoms with Gasteiger partial charge in [-0.3, -0.25) is 0 Å². The van der Waals surface area contributed by atoms with Crippen molar-refractivity contribution in [1.29, 1.82) is 0 Å². The van der Waals surface area contributed by atoms with Gasteiger partial charge in [-0.1, -0.05) is 44.4 Å². The molecule has 0 radical (unpaired) electrons. The average Bonchev–Trinajstić information content (AvgIpc) is 2.25. The van der Waals surface area contributed by atoms with E-state index in [1.54, 1.807) is 18.2 Å². The quantitative estimate of drug-likeness (QED) is 0.840. The molecule has 0 aliphatic rings. The molecule has 96 valence electrons. The third kappa shape index (κ3) is 3.36. The fraction of sp³-hybridized carbons (Fsp3) is 0.500. The van der Waals surface area contributed by atoms with Crippen LogP contribution in [0.5, 0.6) is 0 Å². The van der Waals surface area contributed by atoms with E-state index in [9.17, 15) is 8.42 Å². The fourth-order valence-corrected chi connectivity index (χ4v) is 4.36. The minimum Gasteiger partial charge on any atom is -0.398 e. The van der Waals surface area contributed by atoms with Crippen LogP contribution < -0.4 is 5.73 Å². The number of hydrogen-bond donors (Lipinski definition) is 1. The Labute approximate surface area is 108 Å². The van der Waals surface area contributed by atoms with E-state index in [-0.39, 0.29) is 27.3 Å². The minimum absolute atomic E-state index is 0.0774. The second kappa shape index (κ2) is 5.74. The highest BCUT2D eigenvalue weighted by Gasteiger charge is 2.24. The number of halogens is 1. The van der Waals surface area contributed by atoms with Gasteiger partial charge in [0.1, 0.15) is 4.90 Å². The van der Waals surface area contributed by atoms with Gasteiger partial charge in [-0.25, -0.2) is 8.42 Å². The van der Waals surface area contributed by atoms with Crippen molar-refractivity contribution in [3.8, 4) is 0 Å². The van der Waals surface area contributed by atoms with Crippen LogP contribution in [0.15, 0.2) is 23.1 Å². The van der Waals surface area contributed by atoms with Crippen molar-refractivity contribution in [2.75, 3.05) is 11.5 Å². The number of nitrogen functional groups attached to an aromatic ring is 1. The molecule has 0 fully saturated rings. The van der Waals surface area contributed by atoms with Crippen molar-refractivity contribution in [3.05, 3.63) is 23.2 Å². The molecule has 0 spiro atoms. The van der Waals surface area contributed by atoms with Gasteiger partial charge in [0.25, 0.3) is 0 Å². The van der Waals surface area contributed by atoms with Crippen molar-refractivity contribution in [3.63, 3.8) is 0 Å². The molecule has 1 rings (SSSR count). The van der Waals surface area contributed by atoms with Gasteiger partial charge < -0.3 is 5.73 Å². The van der Waals surface area contributed by atoms with Crippen LogP contribution in [0, 0.1) is 5.92 Å². The smallest absolute Gasteiger partial charge is 0.182 e. The van der Waals surface area contributed by atoms with Crippen LogP contribution in [0.25, 0.3) is 0 Å². The second-order valence-electron chi connectivity index (χ2n) is 4.12. The largest absolute Gasteiger partial charge is 0.398 e. The zero-order valence-electron chi connectivity index (χ0n) is 10.1. The first kappa shape index (κ1) is 14.3. The highest BCUT2D eigenvalue weighted by Crippen LogP contribution is 2.29. The van der Waals surface area contributed by atoms with Crippen LogP contribution in [0.1, 0.15) is 26.7 Å². The van der Waals surface area contributed by atoms with E-state index in [2.05, 4.69) is 0 Å². The molecule has 0 aromatic heterocycles. The predicted molar refractivity (Wildman–Crippen MR) is 72.0 cm³/mol. The number of benzene rings is 1. The van der Waals surface area contributed by atoms with E-state index in [4.69, 9.17) is 17.3 Å². The topological polar surface area (TPSA) is 60.2 Å². The summed E-state index contributed by atoms with van der Waals surface area (Å²) < 4.78 is 24.5. The summed E-state index contributed by atoms with van der Waals surface area (Å²) in [5.41, 5.74) is 5.93. The molecule has 0 bridgehead atoms. The van der Waals surface area contributed by atoms with Gasteiger partial charge in [-0.15, -0.1) is 0 Å². The first-order chi connectivity index (χ1) is 7.92. The predicted octanol–water partition coefficient (Wildman–Crippen LogP) is 3.13. The lowest BCUT2D eigenvalue weighted by Gasteiger charge is -2.14. The Morgan fingerprint density at radius 3 is 2.35 bits per heavy atom. The molecule has 0 aliphatic carbocycles.